The van der Waals surface area contributed by atoms with Crippen molar-refractivity contribution >= 4 is 5.97 Å². The van der Waals surface area contributed by atoms with Crippen LogP contribution in [0.1, 0.15) is 47.0 Å². The van der Waals surface area contributed by atoms with Crippen molar-refractivity contribution in [3.63, 3.8) is 0 Å². The van der Waals surface area contributed by atoms with Gasteiger partial charge in [-0.15, -0.1) is 0 Å². The first kappa shape index (κ1) is 13.5. The van der Waals surface area contributed by atoms with Gasteiger partial charge in [-0.1, -0.05) is 27.7 Å². The maximum atomic E-state index is 12.1. The van der Waals surface area contributed by atoms with E-state index in [-0.39, 0.29) is 11.4 Å². The first-order valence-corrected chi connectivity index (χ1v) is 6.21. The Bertz CT molecular complexity index is 263. The fourth-order valence-electron chi connectivity index (χ4n) is 3.12. The van der Waals surface area contributed by atoms with Crippen LogP contribution in [0.15, 0.2) is 0 Å². The predicted molar refractivity (Wildman–Crippen MR) is 65.2 cm³/mol. The third-order valence-electron chi connectivity index (χ3n) is 3.70. The summed E-state index contributed by atoms with van der Waals surface area (Å²) in [6.07, 6.45) is 2.97. The van der Waals surface area contributed by atoms with Gasteiger partial charge in [0.15, 0.2) is 0 Å². The highest BCUT2D eigenvalue weighted by Gasteiger charge is 2.53. The summed E-state index contributed by atoms with van der Waals surface area (Å²) >= 11 is 0. The first-order valence-electron chi connectivity index (χ1n) is 6.21. The minimum atomic E-state index is -0.464. The molecular weight excluding hydrogens is 202 g/mol. The topological polar surface area (TPSA) is 38.3 Å². The zero-order valence-corrected chi connectivity index (χ0v) is 11.2. The minimum Gasteiger partial charge on any atom is -0.468 e. The number of rotatable bonds is 4. The summed E-state index contributed by atoms with van der Waals surface area (Å²) in [6, 6.07) is 0. The second-order valence-electron chi connectivity index (χ2n) is 5.84. The van der Waals surface area contributed by atoms with Crippen molar-refractivity contribution in [1.82, 2.24) is 5.32 Å². The average Bonchev–Trinajstić information content (AvgIpc) is 2.45. The van der Waals surface area contributed by atoms with Gasteiger partial charge in [-0.25, -0.2) is 0 Å². The normalized spacial score (nSPS) is 32.7. The molecule has 16 heavy (non-hydrogen) atoms. The number of carbonyl (C=O) groups is 1. The molecule has 0 radical (unpaired) electrons. The number of nitrogens with one attached hydrogen (secondary N) is 1. The van der Waals surface area contributed by atoms with Gasteiger partial charge in [0.25, 0.3) is 0 Å². The fourth-order valence-corrected chi connectivity index (χ4v) is 3.12. The number of esters is 1. The molecule has 1 fully saturated rings. The molecule has 3 nitrogen and oxygen atoms in total. The van der Waals surface area contributed by atoms with E-state index in [4.69, 9.17) is 4.74 Å². The van der Waals surface area contributed by atoms with E-state index in [1.54, 1.807) is 0 Å². The second kappa shape index (κ2) is 4.74. The van der Waals surface area contributed by atoms with Crippen molar-refractivity contribution in [2.45, 2.75) is 52.5 Å². The Labute approximate surface area is 98.9 Å². The van der Waals surface area contributed by atoms with Gasteiger partial charge in [0.05, 0.1) is 7.11 Å². The Balaban J connectivity index is 2.91. The van der Waals surface area contributed by atoms with Crippen LogP contribution in [-0.4, -0.2) is 25.2 Å². The molecule has 1 N–H and O–H groups in total. The Morgan fingerprint density at radius 3 is 2.50 bits per heavy atom. The Kier molecular flexibility index (Phi) is 4.00. The minimum absolute atomic E-state index is 0.0981. The average molecular weight is 227 g/mol. The molecule has 0 aromatic rings. The van der Waals surface area contributed by atoms with Crippen LogP contribution < -0.4 is 5.32 Å². The van der Waals surface area contributed by atoms with E-state index in [2.05, 4.69) is 33.0 Å². The summed E-state index contributed by atoms with van der Waals surface area (Å²) in [4.78, 5) is 12.1. The molecule has 2 unspecified atom stereocenters. The molecule has 0 spiro atoms. The largest absolute Gasteiger partial charge is 0.468 e. The molecule has 3 heteroatoms. The molecule has 94 valence electrons. The molecule has 0 aromatic heterocycles. The number of hydrogen-bond donors (Lipinski definition) is 1. The maximum Gasteiger partial charge on any atom is 0.326 e. The van der Waals surface area contributed by atoms with Crippen LogP contribution in [0.3, 0.4) is 0 Å². The lowest BCUT2D eigenvalue weighted by atomic mass is 9.86. The predicted octanol–water partition coefficient (Wildman–Crippen LogP) is 2.35. The number of hydrogen-bond acceptors (Lipinski definition) is 3. The fraction of sp³-hybridized carbons (Fsp3) is 0.923. The SMILES string of the molecule is CCCNC1(C(=O)OC)CC(C)(C)CC1C. The lowest BCUT2D eigenvalue weighted by Gasteiger charge is -2.32. The summed E-state index contributed by atoms with van der Waals surface area (Å²) < 4.78 is 5.00. The Morgan fingerprint density at radius 1 is 1.50 bits per heavy atom. The summed E-state index contributed by atoms with van der Waals surface area (Å²) in [6.45, 7) is 9.58. The maximum absolute atomic E-state index is 12.1. The molecule has 0 aliphatic heterocycles. The van der Waals surface area contributed by atoms with Gasteiger partial charge in [-0.2, -0.15) is 0 Å². The van der Waals surface area contributed by atoms with E-state index < -0.39 is 5.54 Å². The van der Waals surface area contributed by atoms with Crippen molar-refractivity contribution in [1.29, 1.82) is 0 Å². The highest BCUT2D eigenvalue weighted by atomic mass is 16.5. The standard InChI is InChI=1S/C13H25NO2/c1-6-7-14-13(11(15)16-5)9-12(3,4)8-10(13)2/h10,14H,6-9H2,1-5H3. The van der Waals surface area contributed by atoms with Crippen LogP contribution in [-0.2, 0) is 9.53 Å². The first-order chi connectivity index (χ1) is 7.38. The van der Waals surface area contributed by atoms with E-state index >= 15 is 0 Å². The summed E-state index contributed by atoms with van der Waals surface area (Å²) in [5.74, 6) is 0.237. The van der Waals surface area contributed by atoms with Gasteiger partial charge in [-0.3, -0.25) is 4.79 Å². The van der Waals surface area contributed by atoms with Crippen molar-refractivity contribution in [3.05, 3.63) is 0 Å². The number of carbonyl (C=O) groups excluding carboxylic acids is 1. The summed E-state index contributed by atoms with van der Waals surface area (Å²) in [5.41, 5.74) is -0.247. The van der Waals surface area contributed by atoms with E-state index in [0.717, 1.165) is 25.8 Å². The third kappa shape index (κ3) is 2.40. The smallest absolute Gasteiger partial charge is 0.326 e. The second-order valence-corrected chi connectivity index (χ2v) is 5.84. The van der Waals surface area contributed by atoms with Gasteiger partial charge in [0, 0.05) is 0 Å². The number of ether oxygens (including phenoxy) is 1. The van der Waals surface area contributed by atoms with Crippen molar-refractivity contribution in [2.24, 2.45) is 11.3 Å². The molecule has 1 aliphatic rings. The van der Waals surface area contributed by atoms with Crippen LogP contribution in [0.4, 0.5) is 0 Å². The Hall–Kier alpha value is -0.570. The van der Waals surface area contributed by atoms with Crippen LogP contribution in [0.5, 0.6) is 0 Å². The molecule has 0 bridgehead atoms. The summed E-state index contributed by atoms with van der Waals surface area (Å²) in [5, 5.41) is 3.43. The number of methoxy groups -OCH3 is 1. The molecule has 0 aromatic carbocycles. The van der Waals surface area contributed by atoms with E-state index in [0.29, 0.717) is 5.92 Å². The lowest BCUT2D eigenvalue weighted by molar-refractivity contribution is -0.150. The van der Waals surface area contributed by atoms with Gasteiger partial charge in [0.1, 0.15) is 5.54 Å². The molecule has 1 rings (SSSR count). The monoisotopic (exact) mass is 227 g/mol. The van der Waals surface area contributed by atoms with Gasteiger partial charge < -0.3 is 10.1 Å². The van der Waals surface area contributed by atoms with Gasteiger partial charge in [-0.05, 0) is 37.1 Å². The van der Waals surface area contributed by atoms with Crippen molar-refractivity contribution < 1.29 is 9.53 Å². The molecule has 1 saturated carbocycles. The lowest BCUT2D eigenvalue weighted by Crippen LogP contribution is -2.55. The van der Waals surface area contributed by atoms with Gasteiger partial charge >= 0.3 is 5.97 Å². The van der Waals surface area contributed by atoms with Crippen LogP contribution in [0.25, 0.3) is 0 Å². The van der Waals surface area contributed by atoms with E-state index in [1.165, 1.54) is 7.11 Å². The zero-order valence-electron chi connectivity index (χ0n) is 11.2. The zero-order chi connectivity index (χ0) is 12.4. The van der Waals surface area contributed by atoms with Gasteiger partial charge in [0.2, 0.25) is 0 Å². The van der Waals surface area contributed by atoms with Crippen LogP contribution in [0, 0.1) is 11.3 Å². The van der Waals surface area contributed by atoms with Crippen molar-refractivity contribution in [3.8, 4) is 0 Å². The molecular formula is C13H25NO2. The van der Waals surface area contributed by atoms with E-state index in [1.807, 2.05) is 0 Å². The highest BCUT2D eigenvalue weighted by Crippen LogP contribution is 2.47. The quantitative estimate of drug-likeness (QED) is 0.749. The van der Waals surface area contributed by atoms with Crippen molar-refractivity contribution in [2.75, 3.05) is 13.7 Å². The van der Waals surface area contributed by atoms with Crippen LogP contribution in [0.2, 0.25) is 0 Å². The summed E-state index contributed by atoms with van der Waals surface area (Å²) in [7, 11) is 1.48. The molecule has 1 aliphatic carbocycles. The van der Waals surface area contributed by atoms with Crippen LogP contribution >= 0.6 is 0 Å². The molecule has 2 atom stereocenters. The molecule has 0 heterocycles. The van der Waals surface area contributed by atoms with E-state index in [9.17, 15) is 4.79 Å². The Morgan fingerprint density at radius 2 is 2.12 bits per heavy atom. The molecule has 0 amide bonds. The molecule has 0 saturated heterocycles. The highest BCUT2D eigenvalue weighted by molar-refractivity contribution is 5.81. The third-order valence-corrected chi connectivity index (χ3v) is 3.70.